The van der Waals surface area contributed by atoms with E-state index >= 15 is 0 Å². The summed E-state index contributed by atoms with van der Waals surface area (Å²) >= 11 is 0. The van der Waals surface area contributed by atoms with E-state index < -0.39 is 17.3 Å². The summed E-state index contributed by atoms with van der Waals surface area (Å²) in [6.45, 7) is -0.125. The molecular weight excluding hydrogens is 166 g/mol. The summed E-state index contributed by atoms with van der Waals surface area (Å²) in [4.78, 5) is 20.1. The molecule has 12 heavy (non-hydrogen) atoms. The fourth-order valence-corrected chi connectivity index (χ4v) is 0.710. The van der Waals surface area contributed by atoms with Gasteiger partial charge in [0.05, 0.1) is 0 Å². The van der Waals surface area contributed by atoms with Gasteiger partial charge >= 0.3 is 0 Å². The Labute approximate surface area is 67.9 Å². The molecule has 0 aromatic heterocycles. The number of nitro groups is 1. The fraction of sp³-hybridized carbons (Fsp3) is 0.500. The molecule has 6 heteroatoms. The Kier molecular flexibility index (Phi) is 2.62. The van der Waals surface area contributed by atoms with Gasteiger partial charge in [0, 0.05) is 4.92 Å². The average molecular weight is 173 g/mol. The minimum absolute atomic E-state index is 0.0713. The Morgan fingerprint density at radius 1 is 1.67 bits per heavy atom. The zero-order chi connectivity index (χ0) is 8.97. The van der Waals surface area contributed by atoms with Gasteiger partial charge in [-0.25, -0.2) is 0 Å². The molecule has 1 aliphatic rings. The average Bonchev–Trinajstić information content (AvgIpc) is 2.05. The van der Waals surface area contributed by atoms with E-state index in [0.717, 1.165) is 6.26 Å². The lowest BCUT2D eigenvalue weighted by Crippen LogP contribution is -2.21. The summed E-state index contributed by atoms with van der Waals surface area (Å²) in [7, 11) is 0. The van der Waals surface area contributed by atoms with Gasteiger partial charge in [0.2, 0.25) is 5.76 Å². The van der Waals surface area contributed by atoms with Crippen molar-refractivity contribution in [1.82, 2.24) is 0 Å². The van der Waals surface area contributed by atoms with Crippen LogP contribution in [-0.4, -0.2) is 30.5 Å². The van der Waals surface area contributed by atoms with Crippen molar-refractivity contribution in [2.24, 2.45) is 0 Å². The first-order valence-corrected chi connectivity index (χ1v) is 3.29. The molecule has 0 spiro atoms. The molecule has 1 aliphatic heterocycles. The maximum Gasteiger partial charge on any atom is 0.270 e. The topological polar surface area (TPSA) is 78.7 Å². The number of hydrogen-bond acceptors (Lipinski definition) is 5. The van der Waals surface area contributed by atoms with E-state index in [2.05, 4.69) is 0 Å². The number of nitrogens with zero attached hydrogens (tertiary/aromatic N) is 1. The van der Waals surface area contributed by atoms with Gasteiger partial charge in [-0.2, -0.15) is 0 Å². The highest BCUT2D eigenvalue weighted by Crippen LogP contribution is 2.04. The molecule has 0 fully saturated rings. The Bertz CT molecular complexity index is 234. The number of ketones is 1. The van der Waals surface area contributed by atoms with Gasteiger partial charge in [-0.05, 0) is 0 Å². The van der Waals surface area contributed by atoms with Crippen LogP contribution in [0.3, 0.4) is 0 Å². The van der Waals surface area contributed by atoms with Gasteiger partial charge in [0.1, 0.15) is 19.5 Å². The van der Waals surface area contributed by atoms with Crippen molar-refractivity contribution in [3.63, 3.8) is 0 Å². The second-order valence-corrected chi connectivity index (χ2v) is 2.12. The van der Waals surface area contributed by atoms with Crippen LogP contribution in [-0.2, 0) is 14.3 Å². The zero-order valence-corrected chi connectivity index (χ0v) is 6.19. The van der Waals surface area contributed by atoms with Crippen molar-refractivity contribution in [3.8, 4) is 0 Å². The Morgan fingerprint density at radius 3 is 2.92 bits per heavy atom. The van der Waals surface area contributed by atoms with Crippen molar-refractivity contribution >= 4 is 5.78 Å². The second kappa shape index (κ2) is 3.70. The summed E-state index contributed by atoms with van der Waals surface area (Å²) in [5.74, 6) is -0.738. The van der Waals surface area contributed by atoms with Crippen LogP contribution in [0.1, 0.15) is 0 Å². The Morgan fingerprint density at radius 2 is 2.42 bits per heavy atom. The van der Waals surface area contributed by atoms with Crippen LogP contribution >= 0.6 is 0 Å². The first-order valence-electron chi connectivity index (χ1n) is 3.29. The van der Waals surface area contributed by atoms with Crippen molar-refractivity contribution in [2.45, 2.75) is 0 Å². The van der Waals surface area contributed by atoms with Gasteiger partial charge in [-0.15, -0.1) is 0 Å². The van der Waals surface area contributed by atoms with Crippen LogP contribution in [0.5, 0.6) is 0 Å². The third-order valence-corrected chi connectivity index (χ3v) is 1.20. The second-order valence-electron chi connectivity index (χ2n) is 2.12. The summed E-state index contributed by atoms with van der Waals surface area (Å²) in [5, 5.41) is 9.91. The van der Waals surface area contributed by atoms with Gasteiger partial charge in [0.15, 0.2) is 0 Å². The molecule has 0 aromatic rings. The Balaban J connectivity index is 2.51. The summed E-state index contributed by atoms with van der Waals surface area (Å²) in [5.41, 5.74) is 0. The standard InChI is InChI=1S/C6H7NO5/c8-5(3-7(9)10)6-4-11-1-2-12-6/h4H,1-3H2. The van der Waals surface area contributed by atoms with Gasteiger partial charge < -0.3 is 9.47 Å². The lowest BCUT2D eigenvalue weighted by molar-refractivity contribution is -0.467. The third kappa shape index (κ3) is 2.22. The molecule has 0 unspecified atom stereocenters. The van der Waals surface area contributed by atoms with E-state index in [-0.39, 0.29) is 12.4 Å². The number of carbonyl (C=O) groups excluding carboxylic acids is 1. The van der Waals surface area contributed by atoms with Crippen molar-refractivity contribution < 1.29 is 19.2 Å². The van der Waals surface area contributed by atoms with E-state index in [9.17, 15) is 14.9 Å². The molecule has 66 valence electrons. The van der Waals surface area contributed by atoms with Crippen molar-refractivity contribution in [1.29, 1.82) is 0 Å². The normalized spacial score (nSPS) is 15.5. The van der Waals surface area contributed by atoms with E-state index in [0.29, 0.717) is 6.61 Å². The molecule has 6 nitrogen and oxygen atoms in total. The zero-order valence-electron chi connectivity index (χ0n) is 6.19. The largest absolute Gasteiger partial charge is 0.494 e. The summed E-state index contributed by atoms with van der Waals surface area (Å²) < 4.78 is 9.58. The predicted octanol–water partition coefficient (Wildman–Crippen LogP) is -0.280. The maximum atomic E-state index is 10.9. The van der Waals surface area contributed by atoms with Crippen LogP contribution in [0, 0.1) is 10.1 Å². The van der Waals surface area contributed by atoms with E-state index in [1.807, 2.05) is 0 Å². The highest BCUT2D eigenvalue weighted by molar-refractivity contribution is 5.94. The molecule has 0 radical (unpaired) electrons. The van der Waals surface area contributed by atoms with Crippen LogP contribution in [0.15, 0.2) is 12.0 Å². The molecule has 0 aromatic carbocycles. The lowest BCUT2D eigenvalue weighted by Gasteiger charge is -2.12. The smallest absolute Gasteiger partial charge is 0.270 e. The molecule has 0 saturated heterocycles. The van der Waals surface area contributed by atoms with Gasteiger partial charge in [-0.3, -0.25) is 14.9 Å². The Hall–Kier alpha value is -1.59. The quantitative estimate of drug-likeness (QED) is 0.433. The van der Waals surface area contributed by atoms with E-state index in [1.54, 1.807) is 0 Å². The van der Waals surface area contributed by atoms with Crippen LogP contribution in [0.2, 0.25) is 0 Å². The number of ether oxygens (including phenoxy) is 2. The highest BCUT2D eigenvalue weighted by Gasteiger charge is 2.19. The third-order valence-electron chi connectivity index (χ3n) is 1.20. The predicted molar refractivity (Wildman–Crippen MR) is 36.9 cm³/mol. The maximum absolute atomic E-state index is 10.9. The molecule has 0 atom stereocenters. The highest BCUT2D eigenvalue weighted by atomic mass is 16.6. The summed E-state index contributed by atoms with van der Waals surface area (Å²) in [6.07, 6.45) is 1.11. The van der Waals surface area contributed by atoms with Crippen LogP contribution in [0.4, 0.5) is 0 Å². The van der Waals surface area contributed by atoms with E-state index in [4.69, 9.17) is 9.47 Å². The SMILES string of the molecule is O=C(C[N+](=O)[O-])C1=COCCO1. The van der Waals surface area contributed by atoms with Gasteiger partial charge in [-0.1, -0.05) is 0 Å². The molecular formula is C6H7NO5. The number of rotatable bonds is 3. The lowest BCUT2D eigenvalue weighted by atomic mass is 10.3. The number of Topliss-reactive ketones (excluding diaryl/α,β-unsaturated/α-hetero) is 1. The fourth-order valence-electron chi connectivity index (χ4n) is 0.710. The van der Waals surface area contributed by atoms with Crippen molar-refractivity contribution in [2.75, 3.05) is 19.8 Å². The minimum Gasteiger partial charge on any atom is -0.494 e. The molecule has 0 bridgehead atoms. The molecule has 0 aliphatic carbocycles. The number of hydrogen-bond donors (Lipinski definition) is 0. The van der Waals surface area contributed by atoms with Crippen LogP contribution in [0.25, 0.3) is 0 Å². The molecule has 1 heterocycles. The molecule has 0 N–H and O–H groups in total. The molecule has 0 saturated carbocycles. The first-order chi connectivity index (χ1) is 5.70. The monoisotopic (exact) mass is 173 g/mol. The summed E-state index contributed by atoms with van der Waals surface area (Å²) in [6, 6.07) is 0. The van der Waals surface area contributed by atoms with Crippen molar-refractivity contribution in [3.05, 3.63) is 22.1 Å². The first kappa shape index (κ1) is 8.51. The van der Waals surface area contributed by atoms with E-state index in [1.165, 1.54) is 0 Å². The molecule has 0 amide bonds. The van der Waals surface area contributed by atoms with Crippen LogP contribution < -0.4 is 0 Å². The van der Waals surface area contributed by atoms with Gasteiger partial charge in [0.25, 0.3) is 12.3 Å². The number of carbonyl (C=O) groups is 1. The molecule has 1 rings (SSSR count). The minimum atomic E-state index is -0.755.